The van der Waals surface area contributed by atoms with Crippen LogP contribution in [-0.2, 0) is 4.79 Å². The van der Waals surface area contributed by atoms with E-state index in [0.717, 1.165) is 5.56 Å². The SMILES string of the molecule is C#CCOc1ccc(/C=C2/C(=O)N(c3cc(Cl)cc(Cl)c3)N=C2C)cc1OCC. The summed E-state index contributed by atoms with van der Waals surface area (Å²) in [4.78, 5) is 12.9. The van der Waals surface area contributed by atoms with Crippen molar-refractivity contribution >= 4 is 46.6 Å². The molecule has 0 saturated heterocycles. The summed E-state index contributed by atoms with van der Waals surface area (Å²) in [6.07, 6.45) is 7.00. The number of ether oxygens (including phenoxy) is 2. The fourth-order valence-electron chi connectivity index (χ4n) is 2.81. The largest absolute Gasteiger partial charge is 0.490 e. The Kier molecular flexibility index (Phi) is 6.48. The Balaban J connectivity index is 1.92. The summed E-state index contributed by atoms with van der Waals surface area (Å²) in [5.74, 6) is 3.25. The van der Waals surface area contributed by atoms with E-state index in [1.807, 2.05) is 13.0 Å². The van der Waals surface area contributed by atoms with E-state index in [4.69, 9.17) is 39.1 Å². The Bertz CT molecular complexity index is 1030. The van der Waals surface area contributed by atoms with Gasteiger partial charge in [0, 0.05) is 10.0 Å². The molecule has 0 spiro atoms. The monoisotopic (exact) mass is 428 g/mol. The highest BCUT2D eigenvalue weighted by atomic mass is 35.5. The highest BCUT2D eigenvalue weighted by Crippen LogP contribution is 2.32. The van der Waals surface area contributed by atoms with Crippen LogP contribution < -0.4 is 14.5 Å². The maximum Gasteiger partial charge on any atom is 0.280 e. The Morgan fingerprint density at radius 3 is 2.52 bits per heavy atom. The maximum atomic E-state index is 12.9. The summed E-state index contributed by atoms with van der Waals surface area (Å²) in [6, 6.07) is 10.2. The Morgan fingerprint density at radius 2 is 1.86 bits per heavy atom. The molecule has 0 aromatic heterocycles. The molecule has 1 aliphatic heterocycles. The van der Waals surface area contributed by atoms with Gasteiger partial charge in [-0.05, 0) is 55.8 Å². The molecule has 0 aliphatic carbocycles. The van der Waals surface area contributed by atoms with Crippen LogP contribution in [0.5, 0.6) is 11.5 Å². The van der Waals surface area contributed by atoms with Crippen LogP contribution in [0.2, 0.25) is 10.0 Å². The number of rotatable bonds is 6. The van der Waals surface area contributed by atoms with Crippen LogP contribution in [0, 0.1) is 12.3 Å². The van der Waals surface area contributed by atoms with Crippen molar-refractivity contribution < 1.29 is 14.3 Å². The molecular weight excluding hydrogens is 411 g/mol. The van der Waals surface area contributed by atoms with Crippen LogP contribution in [0.1, 0.15) is 19.4 Å². The standard InChI is InChI=1S/C22H18Cl2N2O3/c1-4-8-29-20-7-6-15(10-21(20)28-5-2)9-19-14(3)25-26(22(19)27)18-12-16(23)11-17(24)13-18/h1,6-7,9-13H,5,8H2,2-3H3/b19-9+. The van der Waals surface area contributed by atoms with Gasteiger partial charge < -0.3 is 9.47 Å². The molecule has 29 heavy (non-hydrogen) atoms. The Hall–Kier alpha value is -2.94. The van der Waals surface area contributed by atoms with Crippen molar-refractivity contribution in [3.63, 3.8) is 0 Å². The molecule has 0 saturated carbocycles. The molecule has 0 N–H and O–H groups in total. The van der Waals surface area contributed by atoms with Gasteiger partial charge in [0.1, 0.15) is 6.61 Å². The molecule has 2 aromatic rings. The molecule has 2 aromatic carbocycles. The lowest BCUT2D eigenvalue weighted by atomic mass is 10.1. The number of anilines is 1. The Morgan fingerprint density at radius 1 is 1.14 bits per heavy atom. The number of carbonyl (C=O) groups is 1. The quantitative estimate of drug-likeness (QED) is 0.468. The first-order chi connectivity index (χ1) is 13.9. The van der Waals surface area contributed by atoms with Crippen molar-refractivity contribution in [3.8, 4) is 23.8 Å². The summed E-state index contributed by atoms with van der Waals surface area (Å²) >= 11 is 12.1. The molecule has 3 rings (SSSR count). The van der Waals surface area contributed by atoms with E-state index in [1.54, 1.807) is 43.3 Å². The van der Waals surface area contributed by atoms with Gasteiger partial charge in [-0.25, -0.2) is 0 Å². The zero-order valence-electron chi connectivity index (χ0n) is 15.9. The molecule has 1 heterocycles. The predicted octanol–water partition coefficient (Wildman–Crippen LogP) is 5.21. The molecule has 0 radical (unpaired) electrons. The van der Waals surface area contributed by atoms with E-state index in [2.05, 4.69) is 11.0 Å². The molecule has 1 aliphatic rings. The van der Waals surface area contributed by atoms with Gasteiger partial charge in [0.25, 0.3) is 5.91 Å². The topological polar surface area (TPSA) is 51.1 Å². The Labute approximate surface area is 179 Å². The summed E-state index contributed by atoms with van der Waals surface area (Å²) in [5.41, 5.74) is 2.31. The summed E-state index contributed by atoms with van der Waals surface area (Å²) in [6.45, 7) is 4.25. The molecule has 5 nitrogen and oxygen atoms in total. The number of amides is 1. The second-order valence-corrected chi connectivity index (χ2v) is 6.99. The van der Waals surface area contributed by atoms with Gasteiger partial charge >= 0.3 is 0 Å². The van der Waals surface area contributed by atoms with Crippen molar-refractivity contribution in [1.29, 1.82) is 0 Å². The predicted molar refractivity (Wildman–Crippen MR) is 117 cm³/mol. The highest BCUT2D eigenvalue weighted by molar-refractivity contribution is 6.36. The van der Waals surface area contributed by atoms with Gasteiger partial charge in [-0.15, -0.1) is 6.42 Å². The lowest BCUT2D eigenvalue weighted by Crippen LogP contribution is -2.21. The molecule has 148 valence electrons. The fraction of sp³-hybridized carbons (Fsp3) is 0.182. The average molecular weight is 429 g/mol. The number of nitrogens with zero attached hydrogens (tertiary/aromatic N) is 2. The maximum absolute atomic E-state index is 12.9. The fourth-order valence-corrected chi connectivity index (χ4v) is 3.32. The first-order valence-corrected chi connectivity index (χ1v) is 9.59. The first-order valence-electron chi connectivity index (χ1n) is 8.84. The number of benzene rings is 2. The zero-order chi connectivity index (χ0) is 21.0. The third kappa shape index (κ3) is 4.73. The van der Waals surface area contributed by atoms with E-state index in [-0.39, 0.29) is 12.5 Å². The van der Waals surface area contributed by atoms with E-state index in [0.29, 0.717) is 45.1 Å². The average Bonchev–Trinajstić information content (AvgIpc) is 2.95. The van der Waals surface area contributed by atoms with Gasteiger partial charge in [0.15, 0.2) is 11.5 Å². The van der Waals surface area contributed by atoms with E-state index < -0.39 is 0 Å². The van der Waals surface area contributed by atoms with Crippen molar-refractivity contribution in [2.75, 3.05) is 18.2 Å². The summed E-state index contributed by atoms with van der Waals surface area (Å²) in [5, 5.41) is 6.49. The number of halogens is 2. The minimum absolute atomic E-state index is 0.141. The minimum Gasteiger partial charge on any atom is -0.490 e. The highest BCUT2D eigenvalue weighted by Gasteiger charge is 2.29. The van der Waals surface area contributed by atoms with Crippen LogP contribution in [0.25, 0.3) is 6.08 Å². The van der Waals surface area contributed by atoms with E-state index in [9.17, 15) is 4.79 Å². The van der Waals surface area contributed by atoms with Gasteiger partial charge in [-0.3, -0.25) is 4.79 Å². The van der Waals surface area contributed by atoms with Crippen LogP contribution >= 0.6 is 23.2 Å². The molecule has 0 unspecified atom stereocenters. The summed E-state index contributed by atoms with van der Waals surface area (Å²) < 4.78 is 11.1. The minimum atomic E-state index is -0.272. The molecule has 0 atom stereocenters. The van der Waals surface area contributed by atoms with Gasteiger partial charge in [0.05, 0.1) is 23.6 Å². The number of terminal acetylenes is 1. The van der Waals surface area contributed by atoms with Crippen molar-refractivity contribution in [1.82, 2.24) is 0 Å². The molecular formula is C22H18Cl2N2O3. The van der Waals surface area contributed by atoms with Crippen molar-refractivity contribution in [3.05, 3.63) is 57.6 Å². The lowest BCUT2D eigenvalue weighted by molar-refractivity contribution is -0.114. The molecule has 0 bridgehead atoms. The number of hydrogen-bond donors (Lipinski definition) is 0. The van der Waals surface area contributed by atoms with Crippen LogP contribution in [0.15, 0.2) is 47.1 Å². The number of carbonyl (C=O) groups excluding carboxylic acids is 1. The number of hydrazone groups is 1. The third-order valence-corrected chi connectivity index (χ3v) is 4.48. The molecule has 1 amide bonds. The zero-order valence-corrected chi connectivity index (χ0v) is 17.4. The van der Waals surface area contributed by atoms with E-state index in [1.165, 1.54) is 5.01 Å². The smallest absolute Gasteiger partial charge is 0.280 e. The first kappa shape index (κ1) is 20.8. The van der Waals surface area contributed by atoms with Crippen molar-refractivity contribution in [2.45, 2.75) is 13.8 Å². The van der Waals surface area contributed by atoms with Crippen molar-refractivity contribution in [2.24, 2.45) is 5.10 Å². The normalized spacial score (nSPS) is 14.7. The molecule has 7 heteroatoms. The number of hydrogen-bond acceptors (Lipinski definition) is 4. The second kappa shape index (κ2) is 9.04. The van der Waals surface area contributed by atoms with Crippen LogP contribution in [0.3, 0.4) is 0 Å². The van der Waals surface area contributed by atoms with E-state index >= 15 is 0 Å². The lowest BCUT2D eigenvalue weighted by Gasteiger charge is -2.13. The molecule has 0 fully saturated rings. The second-order valence-electron chi connectivity index (χ2n) is 6.12. The summed E-state index contributed by atoms with van der Waals surface area (Å²) in [7, 11) is 0. The van der Waals surface area contributed by atoms with Gasteiger partial charge in [0.2, 0.25) is 0 Å². The van der Waals surface area contributed by atoms with Gasteiger partial charge in [-0.1, -0.05) is 35.2 Å². The van der Waals surface area contributed by atoms with Crippen LogP contribution in [-0.4, -0.2) is 24.8 Å². The third-order valence-electron chi connectivity index (χ3n) is 4.04. The van der Waals surface area contributed by atoms with Gasteiger partial charge in [-0.2, -0.15) is 10.1 Å². The van der Waals surface area contributed by atoms with Crippen LogP contribution in [0.4, 0.5) is 5.69 Å².